The van der Waals surface area contributed by atoms with Gasteiger partial charge in [0.25, 0.3) is 0 Å². The molecular formula is C19H25N5. The number of aryl methyl sites for hydroxylation is 1. The SMILES string of the molecule is CCc1cc(N2CCC(NC3CC3)CC2)nc(-c2ccncc2)n1. The van der Waals surface area contributed by atoms with Crippen LogP contribution in [0.2, 0.25) is 0 Å². The summed E-state index contributed by atoms with van der Waals surface area (Å²) in [5.74, 6) is 1.88. The molecule has 1 saturated carbocycles. The zero-order valence-electron chi connectivity index (χ0n) is 14.3. The van der Waals surface area contributed by atoms with E-state index in [4.69, 9.17) is 9.97 Å². The van der Waals surface area contributed by atoms with E-state index in [1.54, 1.807) is 12.4 Å². The monoisotopic (exact) mass is 323 g/mol. The minimum atomic E-state index is 0.681. The van der Waals surface area contributed by atoms with E-state index >= 15 is 0 Å². The van der Waals surface area contributed by atoms with Gasteiger partial charge in [0.1, 0.15) is 5.82 Å². The van der Waals surface area contributed by atoms with E-state index in [1.807, 2.05) is 12.1 Å². The highest BCUT2D eigenvalue weighted by Gasteiger charge is 2.27. The Hall–Kier alpha value is -2.01. The Morgan fingerprint density at radius 2 is 1.75 bits per heavy atom. The van der Waals surface area contributed by atoms with Crippen LogP contribution in [-0.4, -0.2) is 40.1 Å². The van der Waals surface area contributed by atoms with Gasteiger partial charge in [-0.3, -0.25) is 4.98 Å². The summed E-state index contributed by atoms with van der Waals surface area (Å²) in [6.45, 7) is 4.29. The Bertz CT molecular complexity index is 675. The van der Waals surface area contributed by atoms with Crippen LogP contribution >= 0.6 is 0 Å². The third kappa shape index (κ3) is 3.56. The second-order valence-electron chi connectivity index (χ2n) is 6.83. The second kappa shape index (κ2) is 6.85. The molecule has 1 aliphatic heterocycles. The van der Waals surface area contributed by atoms with Crippen LogP contribution in [0.4, 0.5) is 5.82 Å². The molecule has 2 aliphatic rings. The molecule has 0 aromatic carbocycles. The van der Waals surface area contributed by atoms with Gasteiger partial charge in [-0.25, -0.2) is 9.97 Å². The van der Waals surface area contributed by atoms with Gasteiger partial charge in [-0.2, -0.15) is 0 Å². The molecule has 0 atom stereocenters. The van der Waals surface area contributed by atoms with Gasteiger partial charge in [0.15, 0.2) is 5.82 Å². The highest BCUT2D eigenvalue weighted by Crippen LogP contribution is 2.25. The van der Waals surface area contributed by atoms with Crippen LogP contribution in [0, 0.1) is 0 Å². The number of aromatic nitrogens is 3. The molecule has 0 radical (unpaired) electrons. The lowest BCUT2D eigenvalue weighted by Crippen LogP contribution is -2.43. The van der Waals surface area contributed by atoms with Crippen LogP contribution in [-0.2, 0) is 6.42 Å². The van der Waals surface area contributed by atoms with Gasteiger partial charge in [-0.1, -0.05) is 6.92 Å². The quantitative estimate of drug-likeness (QED) is 0.917. The standard InChI is InChI=1S/C19H25N5/c1-2-15-13-18(23-19(22-15)14-5-9-20-10-6-14)24-11-7-17(8-12-24)21-16-3-4-16/h5-6,9-10,13,16-17,21H,2-4,7-8,11-12H2,1H3. The summed E-state index contributed by atoms with van der Waals surface area (Å²) in [6.07, 6.45) is 9.65. The first-order valence-corrected chi connectivity index (χ1v) is 9.11. The lowest BCUT2D eigenvalue weighted by Gasteiger charge is -2.33. The fourth-order valence-electron chi connectivity index (χ4n) is 3.31. The number of piperidine rings is 1. The number of hydrogen-bond acceptors (Lipinski definition) is 5. The molecule has 3 heterocycles. The Balaban J connectivity index is 1.52. The molecule has 0 bridgehead atoms. The summed E-state index contributed by atoms with van der Waals surface area (Å²) in [7, 11) is 0. The van der Waals surface area contributed by atoms with E-state index in [-0.39, 0.29) is 0 Å². The van der Waals surface area contributed by atoms with Crippen molar-refractivity contribution in [2.75, 3.05) is 18.0 Å². The third-order valence-electron chi connectivity index (χ3n) is 4.93. The van der Waals surface area contributed by atoms with Crippen molar-refractivity contribution >= 4 is 5.82 Å². The second-order valence-corrected chi connectivity index (χ2v) is 6.83. The first-order chi connectivity index (χ1) is 11.8. The highest BCUT2D eigenvalue weighted by atomic mass is 15.2. The molecule has 5 nitrogen and oxygen atoms in total. The van der Waals surface area contributed by atoms with E-state index in [1.165, 1.54) is 25.7 Å². The van der Waals surface area contributed by atoms with Crippen LogP contribution in [0.15, 0.2) is 30.6 Å². The molecule has 2 aromatic rings. The molecule has 2 fully saturated rings. The maximum atomic E-state index is 4.84. The van der Waals surface area contributed by atoms with Gasteiger partial charge in [-0.15, -0.1) is 0 Å². The van der Waals surface area contributed by atoms with Crippen molar-refractivity contribution in [3.8, 4) is 11.4 Å². The lowest BCUT2D eigenvalue weighted by molar-refractivity contribution is 0.411. The fourth-order valence-corrected chi connectivity index (χ4v) is 3.31. The van der Waals surface area contributed by atoms with Crippen molar-refractivity contribution in [2.45, 2.75) is 51.1 Å². The van der Waals surface area contributed by atoms with Crippen molar-refractivity contribution in [3.05, 3.63) is 36.3 Å². The van der Waals surface area contributed by atoms with Crippen molar-refractivity contribution in [1.82, 2.24) is 20.3 Å². The predicted molar refractivity (Wildman–Crippen MR) is 96.0 cm³/mol. The molecule has 2 aromatic heterocycles. The number of hydrogen-bond donors (Lipinski definition) is 1. The minimum absolute atomic E-state index is 0.681. The lowest BCUT2D eigenvalue weighted by atomic mass is 10.0. The van der Waals surface area contributed by atoms with Gasteiger partial charge >= 0.3 is 0 Å². The van der Waals surface area contributed by atoms with Crippen molar-refractivity contribution in [3.63, 3.8) is 0 Å². The van der Waals surface area contributed by atoms with Crippen molar-refractivity contribution < 1.29 is 0 Å². The first-order valence-electron chi connectivity index (χ1n) is 9.11. The van der Waals surface area contributed by atoms with Gasteiger partial charge < -0.3 is 10.2 Å². The van der Waals surface area contributed by atoms with Crippen LogP contribution in [0.3, 0.4) is 0 Å². The smallest absolute Gasteiger partial charge is 0.161 e. The molecule has 1 aliphatic carbocycles. The summed E-state index contributed by atoms with van der Waals surface area (Å²) in [6, 6.07) is 7.58. The van der Waals surface area contributed by atoms with E-state index in [9.17, 15) is 0 Å². The van der Waals surface area contributed by atoms with Gasteiger partial charge in [0, 0.05) is 54.9 Å². The zero-order chi connectivity index (χ0) is 16.4. The third-order valence-corrected chi connectivity index (χ3v) is 4.93. The normalized spacial score (nSPS) is 18.8. The predicted octanol–water partition coefficient (Wildman–Crippen LogP) is 2.82. The summed E-state index contributed by atoms with van der Waals surface area (Å²) in [4.78, 5) is 16.0. The van der Waals surface area contributed by atoms with Crippen LogP contribution < -0.4 is 10.2 Å². The summed E-state index contributed by atoms with van der Waals surface area (Å²) >= 11 is 0. The van der Waals surface area contributed by atoms with Crippen molar-refractivity contribution in [2.24, 2.45) is 0 Å². The summed E-state index contributed by atoms with van der Waals surface area (Å²) in [5, 5.41) is 3.76. The number of anilines is 1. The highest BCUT2D eigenvalue weighted by molar-refractivity contribution is 5.57. The van der Waals surface area contributed by atoms with E-state index in [2.05, 4.69) is 28.2 Å². The maximum Gasteiger partial charge on any atom is 0.161 e. The fraction of sp³-hybridized carbons (Fsp3) is 0.526. The molecule has 1 saturated heterocycles. The molecule has 0 spiro atoms. The number of nitrogens with zero attached hydrogens (tertiary/aromatic N) is 4. The molecule has 126 valence electrons. The topological polar surface area (TPSA) is 53.9 Å². The largest absolute Gasteiger partial charge is 0.356 e. The zero-order valence-corrected chi connectivity index (χ0v) is 14.3. The average Bonchev–Trinajstić information content (AvgIpc) is 3.47. The minimum Gasteiger partial charge on any atom is -0.356 e. The van der Waals surface area contributed by atoms with Gasteiger partial charge in [-0.05, 0) is 44.2 Å². The molecule has 1 N–H and O–H groups in total. The molecular weight excluding hydrogens is 298 g/mol. The maximum absolute atomic E-state index is 4.84. The number of rotatable bonds is 5. The Labute approximate surface area is 143 Å². The first kappa shape index (κ1) is 15.5. The summed E-state index contributed by atoms with van der Waals surface area (Å²) < 4.78 is 0. The Morgan fingerprint density at radius 3 is 2.42 bits per heavy atom. The molecule has 0 amide bonds. The molecule has 24 heavy (non-hydrogen) atoms. The van der Waals surface area contributed by atoms with E-state index < -0.39 is 0 Å². The summed E-state index contributed by atoms with van der Waals surface area (Å²) in [5.41, 5.74) is 2.14. The average molecular weight is 323 g/mol. The van der Waals surface area contributed by atoms with Crippen molar-refractivity contribution in [1.29, 1.82) is 0 Å². The van der Waals surface area contributed by atoms with Gasteiger partial charge in [0.05, 0.1) is 0 Å². The van der Waals surface area contributed by atoms with E-state index in [0.29, 0.717) is 6.04 Å². The van der Waals surface area contributed by atoms with E-state index in [0.717, 1.165) is 48.5 Å². The Morgan fingerprint density at radius 1 is 1.04 bits per heavy atom. The van der Waals surface area contributed by atoms with Crippen LogP contribution in [0.5, 0.6) is 0 Å². The van der Waals surface area contributed by atoms with Gasteiger partial charge in [0.2, 0.25) is 0 Å². The number of nitrogens with one attached hydrogen (secondary N) is 1. The molecule has 0 unspecified atom stereocenters. The molecule has 5 heteroatoms. The Kier molecular flexibility index (Phi) is 4.43. The van der Waals surface area contributed by atoms with Crippen LogP contribution in [0.25, 0.3) is 11.4 Å². The molecule has 4 rings (SSSR count). The van der Waals surface area contributed by atoms with Crippen LogP contribution in [0.1, 0.15) is 38.3 Å². The number of pyridine rings is 1.